The average Bonchev–Trinajstić information content (AvgIpc) is 2.88. The van der Waals surface area contributed by atoms with Crippen molar-refractivity contribution >= 4 is 17.7 Å². The molecule has 8 heteroatoms. The topological polar surface area (TPSA) is 112 Å². The molecule has 0 aliphatic heterocycles. The first kappa shape index (κ1) is 31.5. The van der Waals surface area contributed by atoms with Crippen LogP contribution in [0.4, 0.5) is 0 Å². The largest absolute Gasteiger partial charge is 0.355 e. The third-order valence-corrected chi connectivity index (χ3v) is 6.29. The molecule has 2 rings (SSSR count). The van der Waals surface area contributed by atoms with Crippen LogP contribution in [-0.4, -0.2) is 54.9 Å². The highest BCUT2D eigenvalue weighted by Gasteiger charge is 2.20. The van der Waals surface area contributed by atoms with Crippen molar-refractivity contribution in [1.82, 2.24) is 26.3 Å². The molecule has 8 nitrogen and oxygen atoms in total. The Bertz CT molecular complexity index is 723. The number of carbonyl (C=O) groups excluding carboxylic acids is 3. The molecule has 1 aromatic heterocycles. The molecule has 36 heavy (non-hydrogen) atoms. The number of hydrogen-bond donors (Lipinski definition) is 4. The van der Waals surface area contributed by atoms with E-state index >= 15 is 0 Å². The Balaban J connectivity index is 0.000000789. The van der Waals surface area contributed by atoms with Gasteiger partial charge in [0.05, 0.1) is 13.1 Å². The molecular formula is C28H49N5O3. The first-order chi connectivity index (χ1) is 17.5. The quantitative estimate of drug-likeness (QED) is 0.273. The Labute approximate surface area is 218 Å². The van der Waals surface area contributed by atoms with Crippen molar-refractivity contribution in [1.29, 1.82) is 0 Å². The summed E-state index contributed by atoms with van der Waals surface area (Å²) in [4.78, 5) is 40.1. The lowest BCUT2D eigenvalue weighted by molar-refractivity contribution is -0.130. The molecule has 0 aromatic carbocycles. The lowest BCUT2D eigenvalue weighted by Gasteiger charge is -2.21. The molecule has 0 unspecified atom stereocenters. The molecule has 0 radical (unpaired) electrons. The molecule has 1 saturated carbocycles. The van der Waals surface area contributed by atoms with E-state index < -0.39 is 6.04 Å². The standard InChI is InChI=1S/C22H42N4O3.C6H7N/c1-3-5-15-24-20(27)17-25-22(29)19(10-4-2)26-21(28)16-23-14-9-13-18-11-7-6-8-12-18;1-6-3-2-4-7-5-6/h18-19,23H,3-17H2,1-2H3,(H,24,27)(H,25,29)(H,26,28);2-5H,1H3/t19-;/m0./s1. The number of amides is 3. The minimum atomic E-state index is -0.597. The molecule has 204 valence electrons. The van der Waals surface area contributed by atoms with Gasteiger partial charge in [-0.05, 0) is 56.7 Å². The monoisotopic (exact) mass is 503 g/mol. The van der Waals surface area contributed by atoms with Crippen LogP contribution in [0.25, 0.3) is 0 Å². The Morgan fingerprint density at radius 1 is 0.972 bits per heavy atom. The van der Waals surface area contributed by atoms with Crippen LogP contribution in [-0.2, 0) is 14.4 Å². The van der Waals surface area contributed by atoms with Crippen LogP contribution in [0.5, 0.6) is 0 Å². The Kier molecular flexibility index (Phi) is 18.1. The number of unbranched alkanes of at least 4 members (excludes halogenated alkanes) is 1. The summed E-state index contributed by atoms with van der Waals surface area (Å²) >= 11 is 0. The highest BCUT2D eigenvalue weighted by Crippen LogP contribution is 2.26. The third kappa shape index (κ3) is 16.2. The van der Waals surface area contributed by atoms with E-state index in [1.54, 1.807) is 6.20 Å². The number of aryl methyl sites for hydroxylation is 1. The van der Waals surface area contributed by atoms with Gasteiger partial charge in [-0.15, -0.1) is 0 Å². The van der Waals surface area contributed by atoms with Crippen LogP contribution in [0, 0.1) is 12.8 Å². The summed E-state index contributed by atoms with van der Waals surface area (Å²) in [6.45, 7) is 7.64. The normalized spacial score (nSPS) is 14.2. The van der Waals surface area contributed by atoms with E-state index in [1.165, 1.54) is 44.1 Å². The van der Waals surface area contributed by atoms with Crippen molar-refractivity contribution in [2.75, 3.05) is 26.2 Å². The fourth-order valence-electron chi connectivity index (χ4n) is 4.20. The van der Waals surface area contributed by atoms with Crippen molar-refractivity contribution in [2.24, 2.45) is 5.92 Å². The van der Waals surface area contributed by atoms with Gasteiger partial charge >= 0.3 is 0 Å². The predicted molar refractivity (Wildman–Crippen MR) is 145 cm³/mol. The van der Waals surface area contributed by atoms with Crippen LogP contribution in [0.1, 0.15) is 90.0 Å². The van der Waals surface area contributed by atoms with E-state index in [-0.39, 0.29) is 30.8 Å². The maximum Gasteiger partial charge on any atom is 0.243 e. The Morgan fingerprint density at radius 2 is 1.75 bits per heavy atom. The highest BCUT2D eigenvalue weighted by molar-refractivity contribution is 5.90. The predicted octanol–water partition coefficient (Wildman–Crippen LogP) is 3.64. The molecule has 4 N–H and O–H groups in total. The second-order valence-electron chi connectivity index (χ2n) is 9.68. The van der Waals surface area contributed by atoms with Gasteiger partial charge in [0.2, 0.25) is 17.7 Å². The molecule has 0 spiro atoms. The van der Waals surface area contributed by atoms with Crippen molar-refractivity contribution in [3.05, 3.63) is 30.1 Å². The minimum Gasteiger partial charge on any atom is -0.355 e. The van der Waals surface area contributed by atoms with E-state index in [0.717, 1.165) is 38.1 Å². The zero-order valence-corrected chi connectivity index (χ0v) is 22.7. The van der Waals surface area contributed by atoms with Gasteiger partial charge in [0.1, 0.15) is 6.04 Å². The van der Waals surface area contributed by atoms with E-state index in [1.807, 2.05) is 32.2 Å². The lowest BCUT2D eigenvalue weighted by atomic mass is 9.86. The van der Waals surface area contributed by atoms with Crippen molar-refractivity contribution in [3.63, 3.8) is 0 Å². The molecule has 1 aromatic rings. The van der Waals surface area contributed by atoms with Gasteiger partial charge in [-0.3, -0.25) is 19.4 Å². The number of nitrogens with zero attached hydrogens (tertiary/aromatic N) is 1. The van der Waals surface area contributed by atoms with Crippen LogP contribution >= 0.6 is 0 Å². The summed E-state index contributed by atoms with van der Waals surface area (Å²) < 4.78 is 0. The third-order valence-electron chi connectivity index (χ3n) is 6.29. The van der Waals surface area contributed by atoms with Gasteiger partial charge in [-0.25, -0.2) is 0 Å². The molecule has 1 fully saturated rings. The maximum atomic E-state index is 12.3. The van der Waals surface area contributed by atoms with Gasteiger partial charge in [0.25, 0.3) is 0 Å². The number of rotatable bonds is 15. The van der Waals surface area contributed by atoms with Crippen molar-refractivity contribution in [3.8, 4) is 0 Å². The molecule has 0 saturated heterocycles. The van der Waals surface area contributed by atoms with E-state index in [2.05, 4.69) is 33.2 Å². The molecule has 0 bridgehead atoms. The summed E-state index contributed by atoms with van der Waals surface area (Å²) in [7, 11) is 0. The smallest absolute Gasteiger partial charge is 0.243 e. The summed E-state index contributed by atoms with van der Waals surface area (Å²) in [5.74, 6) is 0.177. The SMILES string of the molecule is CCCCNC(=O)CNC(=O)[C@H](CCC)NC(=O)CNCCCC1CCCCC1.Cc1cccnc1. The number of carbonyl (C=O) groups is 3. The zero-order chi connectivity index (χ0) is 26.4. The van der Waals surface area contributed by atoms with Crippen LogP contribution in [0.3, 0.4) is 0 Å². The summed E-state index contributed by atoms with van der Waals surface area (Å²) in [6.07, 6.45) is 16.0. The molecule has 1 aliphatic carbocycles. The van der Waals surface area contributed by atoms with Crippen molar-refractivity contribution in [2.45, 2.75) is 97.4 Å². The van der Waals surface area contributed by atoms with E-state index in [9.17, 15) is 14.4 Å². The van der Waals surface area contributed by atoms with Gasteiger partial charge in [-0.2, -0.15) is 0 Å². The number of aromatic nitrogens is 1. The molecule has 1 heterocycles. The number of nitrogens with one attached hydrogen (secondary N) is 4. The van der Waals surface area contributed by atoms with Crippen LogP contribution in [0.2, 0.25) is 0 Å². The lowest BCUT2D eigenvalue weighted by Crippen LogP contribution is -2.50. The van der Waals surface area contributed by atoms with Gasteiger partial charge < -0.3 is 21.3 Å². The summed E-state index contributed by atoms with van der Waals surface area (Å²) in [5.41, 5.74) is 1.21. The van der Waals surface area contributed by atoms with Crippen molar-refractivity contribution < 1.29 is 14.4 Å². The van der Waals surface area contributed by atoms with Crippen LogP contribution in [0.15, 0.2) is 24.5 Å². The first-order valence-corrected chi connectivity index (χ1v) is 13.9. The Morgan fingerprint density at radius 3 is 2.36 bits per heavy atom. The highest BCUT2D eigenvalue weighted by atomic mass is 16.2. The maximum absolute atomic E-state index is 12.3. The summed E-state index contributed by atoms with van der Waals surface area (Å²) in [5, 5.41) is 11.4. The van der Waals surface area contributed by atoms with E-state index in [0.29, 0.717) is 13.0 Å². The fraction of sp³-hybridized carbons (Fsp3) is 0.714. The molecule has 1 atom stereocenters. The molecule has 1 aliphatic rings. The Hall–Kier alpha value is -2.48. The fourth-order valence-corrected chi connectivity index (χ4v) is 4.20. The second kappa shape index (κ2) is 20.7. The number of hydrogen-bond acceptors (Lipinski definition) is 5. The molecule has 3 amide bonds. The van der Waals surface area contributed by atoms with Gasteiger partial charge in [-0.1, -0.05) is 64.9 Å². The minimum absolute atomic E-state index is 0.0575. The summed E-state index contributed by atoms with van der Waals surface area (Å²) in [6, 6.07) is 3.35. The van der Waals surface area contributed by atoms with Gasteiger partial charge in [0, 0.05) is 18.9 Å². The number of pyridine rings is 1. The van der Waals surface area contributed by atoms with E-state index in [4.69, 9.17) is 0 Å². The zero-order valence-electron chi connectivity index (χ0n) is 22.7. The first-order valence-electron chi connectivity index (χ1n) is 13.9. The van der Waals surface area contributed by atoms with Crippen LogP contribution < -0.4 is 21.3 Å². The molecular weight excluding hydrogens is 454 g/mol. The second-order valence-corrected chi connectivity index (χ2v) is 9.68. The average molecular weight is 504 g/mol. The van der Waals surface area contributed by atoms with Gasteiger partial charge in [0.15, 0.2) is 0 Å².